The molecule has 28 heavy (non-hydrogen) atoms. The normalized spacial score (nSPS) is 10.4. The van der Waals surface area contributed by atoms with Gasteiger partial charge in [0.25, 0.3) is 5.91 Å². The number of nitrogens with one attached hydrogen (secondary N) is 2. The van der Waals surface area contributed by atoms with Gasteiger partial charge in [-0.25, -0.2) is 4.79 Å². The Hall–Kier alpha value is -2.68. The summed E-state index contributed by atoms with van der Waals surface area (Å²) < 4.78 is 6.50. The molecule has 1 amide bonds. The number of anilines is 1. The fourth-order valence-corrected chi connectivity index (χ4v) is 2.99. The highest BCUT2D eigenvalue weighted by molar-refractivity contribution is 9.10. The molecule has 3 aromatic rings. The van der Waals surface area contributed by atoms with E-state index in [2.05, 4.69) is 26.6 Å². The summed E-state index contributed by atoms with van der Waals surface area (Å²) in [6.07, 6.45) is 0. The molecule has 3 N–H and O–H groups in total. The van der Waals surface area contributed by atoms with E-state index in [1.807, 2.05) is 24.3 Å². The van der Waals surface area contributed by atoms with E-state index in [0.29, 0.717) is 5.76 Å². The molecule has 3 rings (SSSR count). The molecule has 0 radical (unpaired) electrons. The van der Waals surface area contributed by atoms with Gasteiger partial charge in [-0.1, -0.05) is 39.7 Å². The van der Waals surface area contributed by atoms with Crippen molar-refractivity contribution in [3.8, 4) is 11.3 Å². The Kier molecular flexibility index (Phi) is 6.13. The van der Waals surface area contributed by atoms with E-state index in [9.17, 15) is 14.7 Å². The number of hydrogen-bond donors (Lipinski definition) is 3. The summed E-state index contributed by atoms with van der Waals surface area (Å²) in [6.45, 7) is 0. The number of halogens is 2. The second-order valence-electron chi connectivity index (χ2n) is 5.57. The summed E-state index contributed by atoms with van der Waals surface area (Å²) in [7, 11) is 0. The minimum absolute atomic E-state index is 0.0663. The fraction of sp³-hybridized carbons (Fsp3) is 0. The van der Waals surface area contributed by atoms with E-state index in [0.717, 1.165) is 10.0 Å². The molecule has 0 saturated carbocycles. The van der Waals surface area contributed by atoms with Crippen LogP contribution in [0.15, 0.2) is 63.5 Å². The third kappa shape index (κ3) is 4.78. The SMILES string of the molecule is O=C(NC(=S)Nc1ccc(Cl)cc1C(=O)O)c1ccc(-c2ccc(Br)cc2)o1. The molecule has 0 saturated heterocycles. The summed E-state index contributed by atoms with van der Waals surface area (Å²) in [5, 5.41) is 14.6. The van der Waals surface area contributed by atoms with Gasteiger partial charge in [0, 0.05) is 15.1 Å². The fourth-order valence-electron chi connectivity index (χ4n) is 2.35. The Morgan fingerprint density at radius 3 is 2.46 bits per heavy atom. The number of aromatic carboxylic acids is 1. The molecule has 0 aliphatic rings. The lowest BCUT2D eigenvalue weighted by Crippen LogP contribution is -2.34. The van der Waals surface area contributed by atoms with Crippen LogP contribution in [0.2, 0.25) is 5.02 Å². The quantitative estimate of drug-likeness (QED) is 0.446. The number of carboxylic acid groups (broad SMARTS) is 1. The molecule has 0 unspecified atom stereocenters. The lowest BCUT2D eigenvalue weighted by atomic mass is 10.2. The maximum Gasteiger partial charge on any atom is 0.337 e. The second kappa shape index (κ2) is 8.55. The number of carbonyl (C=O) groups excluding carboxylic acids is 1. The van der Waals surface area contributed by atoms with Crippen LogP contribution in [0, 0.1) is 0 Å². The van der Waals surface area contributed by atoms with Crippen molar-refractivity contribution in [1.29, 1.82) is 0 Å². The Morgan fingerprint density at radius 1 is 1.07 bits per heavy atom. The number of amides is 1. The number of hydrogen-bond acceptors (Lipinski definition) is 4. The van der Waals surface area contributed by atoms with Crippen LogP contribution in [0.25, 0.3) is 11.3 Å². The van der Waals surface area contributed by atoms with Crippen LogP contribution in [0.3, 0.4) is 0 Å². The highest BCUT2D eigenvalue weighted by Crippen LogP contribution is 2.24. The van der Waals surface area contributed by atoms with E-state index in [-0.39, 0.29) is 27.1 Å². The average Bonchev–Trinajstić information content (AvgIpc) is 3.14. The third-order valence-corrected chi connectivity index (χ3v) is 4.61. The van der Waals surface area contributed by atoms with Crippen molar-refractivity contribution in [2.24, 2.45) is 0 Å². The first kappa shape index (κ1) is 20.1. The number of carbonyl (C=O) groups is 2. The zero-order valence-electron chi connectivity index (χ0n) is 14.0. The molecule has 0 aliphatic carbocycles. The highest BCUT2D eigenvalue weighted by atomic mass is 79.9. The molecule has 1 aromatic heterocycles. The molecule has 2 aromatic carbocycles. The third-order valence-electron chi connectivity index (χ3n) is 3.65. The Morgan fingerprint density at radius 2 is 1.79 bits per heavy atom. The monoisotopic (exact) mass is 478 g/mol. The first-order chi connectivity index (χ1) is 13.3. The van der Waals surface area contributed by atoms with Crippen LogP contribution in [-0.2, 0) is 0 Å². The van der Waals surface area contributed by atoms with Crippen LogP contribution in [0.1, 0.15) is 20.9 Å². The number of carboxylic acids is 1. The van der Waals surface area contributed by atoms with Crippen molar-refractivity contribution in [3.05, 3.63) is 75.4 Å². The molecular formula is C19H12BrClN2O4S. The standard InChI is InChI=1S/C19H12BrClN2O4S/c20-11-3-1-10(2-4-11)15-7-8-16(27-15)17(24)23-19(28)22-14-6-5-12(21)9-13(14)18(25)26/h1-9H,(H,25,26)(H2,22,23,24,28). The zero-order chi connectivity index (χ0) is 20.3. The van der Waals surface area contributed by atoms with E-state index >= 15 is 0 Å². The highest BCUT2D eigenvalue weighted by Gasteiger charge is 2.16. The van der Waals surface area contributed by atoms with Gasteiger partial charge in [0.15, 0.2) is 10.9 Å². The maximum absolute atomic E-state index is 12.3. The van der Waals surface area contributed by atoms with Crippen molar-refractivity contribution in [1.82, 2.24) is 5.32 Å². The van der Waals surface area contributed by atoms with Crippen molar-refractivity contribution in [2.45, 2.75) is 0 Å². The van der Waals surface area contributed by atoms with Crippen LogP contribution < -0.4 is 10.6 Å². The topological polar surface area (TPSA) is 91.6 Å². The van der Waals surface area contributed by atoms with Gasteiger partial charge in [0.1, 0.15) is 5.76 Å². The molecule has 0 spiro atoms. The first-order valence-electron chi connectivity index (χ1n) is 7.84. The van der Waals surface area contributed by atoms with Crippen LogP contribution in [0.4, 0.5) is 5.69 Å². The first-order valence-corrected chi connectivity index (χ1v) is 9.42. The van der Waals surface area contributed by atoms with E-state index in [1.54, 1.807) is 6.07 Å². The molecular weight excluding hydrogens is 468 g/mol. The molecule has 0 fully saturated rings. The number of thiocarbonyl (C=S) groups is 1. The lowest BCUT2D eigenvalue weighted by molar-refractivity contribution is 0.0697. The largest absolute Gasteiger partial charge is 0.478 e. The summed E-state index contributed by atoms with van der Waals surface area (Å²) in [5.74, 6) is -1.14. The van der Waals surface area contributed by atoms with Crippen LogP contribution in [-0.4, -0.2) is 22.1 Å². The summed E-state index contributed by atoms with van der Waals surface area (Å²) in [5.41, 5.74) is 0.951. The molecule has 1 heterocycles. The van der Waals surface area contributed by atoms with Gasteiger partial charge in [-0.3, -0.25) is 10.1 Å². The van der Waals surface area contributed by atoms with Crippen molar-refractivity contribution >= 4 is 62.4 Å². The van der Waals surface area contributed by atoms with Gasteiger partial charge in [0.05, 0.1) is 11.3 Å². The van der Waals surface area contributed by atoms with E-state index in [1.165, 1.54) is 24.3 Å². The lowest BCUT2D eigenvalue weighted by Gasteiger charge is -2.11. The van der Waals surface area contributed by atoms with E-state index < -0.39 is 11.9 Å². The average molecular weight is 480 g/mol. The minimum atomic E-state index is -1.18. The zero-order valence-corrected chi connectivity index (χ0v) is 17.2. The second-order valence-corrected chi connectivity index (χ2v) is 7.33. The van der Waals surface area contributed by atoms with Crippen molar-refractivity contribution in [2.75, 3.05) is 5.32 Å². The maximum atomic E-state index is 12.3. The summed E-state index contributed by atoms with van der Waals surface area (Å²) in [4.78, 5) is 23.7. The summed E-state index contributed by atoms with van der Waals surface area (Å²) in [6, 6.07) is 14.9. The predicted molar refractivity (Wildman–Crippen MR) is 114 cm³/mol. The Bertz CT molecular complexity index is 1070. The van der Waals surface area contributed by atoms with Crippen molar-refractivity contribution < 1.29 is 19.1 Å². The van der Waals surface area contributed by atoms with Crippen LogP contribution >= 0.6 is 39.7 Å². The number of benzene rings is 2. The van der Waals surface area contributed by atoms with Gasteiger partial charge < -0.3 is 14.8 Å². The molecule has 0 aliphatic heterocycles. The molecule has 0 atom stereocenters. The molecule has 0 bridgehead atoms. The summed E-state index contributed by atoms with van der Waals surface area (Å²) >= 11 is 14.3. The Balaban J connectivity index is 1.69. The van der Waals surface area contributed by atoms with E-state index in [4.69, 9.17) is 28.2 Å². The van der Waals surface area contributed by atoms with Gasteiger partial charge in [-0.15, -0.1) is 0 Å². The van der Waals surface area contributed by atoms with Crippen LogP contribution in [0.5, 0.6) is 0 Å². The molecule has 142 valence electrons. The van der Waals surface area contributed by atoms with Gasteiger partial charge in [0.2, 0.25) is 0 Å². The predicted octanol–water partition coefficient (Wildman–Crippen LogP) is 5.19. The van der Waals surface area contributed by atoms with Crippen molar-refractivity contribution in [3.63, 3.8) is 0 Å². The number of furan rings is 1. The smallest absolute Gasteiger partial charge is 0.337 e. The number of rotatable bonds is 4. The minimum Gasteiger partial charge on any atom is -0.478 e. The van der Waals surface area contributed by atoms with Gasteiger partial charge in [-0.2, -0.15) is 0 Å². The Labute approximate surface area is 178 Å². The van der Waals surface area contributed by atoms with Gasteiger partial charge in [-0.05, 0) is 54.7 Å². The molecule has 6 nitrogen and oxygen atoms in total. The van der Waals surface area contributed by atoms with Gasteiger partial charge >= 0.3 is 5.97 Å². The molecule has 9 heteroatoms.